The van der Waals surface area contributed by atoms with Gasteiger partial charge in [0.15, 0.2) is 12.0 Å². The third kappa shape index (κ3) is 2.80. The molecule has 0 N–H and O–H groups in total. The first-order valence-electron chi connectivity index (χ1n) is 4.60. The van der Waals surface area contributed by atoms with E-state index in [0.29, 0.717) is 6.29 Å². The molecule has 0 aliphatic carbocycles. The lowest BCUT2D eigenvalue weighted by molar-refractivity contribution is -0.115. The lowest BCUT2D eigenvalue weighted by atomic mass is 10.0. The number of hydrogen-bond acceptors (Lipinski definition) is 1. The highest BCUT2D eigenvalue weighted by molar-refractivity contribution is 5.69. The smallest absolute Gasteiger partial charge is 0.183 e. The maximum Gasteiger partial charge on any atom is 0.183 e. The van der Waals surface area contributed by atoms with Crippen LogP contribution in [0.2, 0.25) is 0 Å². The predicted molar refractivity (Wildman–Crippen MR) is 55.7 cm³/mol. The molecule has 0 fully saturated rings. The molecular weight excluding hydrogens is 179 g/mol. The van der Waals surface area contributed by atoms with E-state index in [1.165, 1.54) is 6.08 Å². The molecule has 0 spiro atoms. The Morgan fingerprint density at radius 3 is 2.50 bits per heavy atom. The molecular formula is C12H13FO. The normalized spacial score (nSPS) is 15.3. The summed E-state index contributed by atoms with van der Waals surface area (Å²) in [5.74, 6) is 0. The van der Waals surface area contributed by atoms with E-state index in [1.54, 1.807) is 13.0 Å². The number of benzene rings is 1. The molecule has 0 aromatic heterocycles. The minimum atomic E-state index is -1.82. The Bertz CT molecular complexity index is 318. The Morgan fingerprint density at radius 1 is 1.36 bits per heavy atom. The zero-order valence-electron chi connectivity index (χ0n) is 8.11. The molecule has 2 heteroatoms. The van der Waals surface area contributed by atoms with Crippen LogP contribution in [0.5, 0.6) is 0 Å². The van der Waals surface area contributed by atoms with Crippen LogP contribution in [0.1, 0.15) is 18.9 Å². The van der Waals surface area contributed by atoms with Crippen LogP contribution in [0.15, 0.2) is 36.4 Å². The molecule has 0 aliphatic rings. The standard InChI is InChI=1S/C12H13FO/c1-2-12(13,10-14)9-8-11-6-4-3-5-7-11/h3-10H,2H2,1H3/b9-8+/t12-/m1/s1. The number of rotatable bonds is 4. The van der Waals surface area contributed by atoms with E-state index in [2.05, 4.69) is 0 Å². The number of halogens is 1. The maximum absolute atomic E-state index is 13.5. The molecule has 0 radical (unpaired) electrons. The van der Waals surface area contributed by atoms with Crippen molar-refractivity contribution in [3.63, 3.8) is 0 Å². The Balaban J connectivity index is 2.77. The van der Waals surface area contributed by atoms with E-state index in [0.717, 1.165) is 5.56 Å². The van der Waals surface area contributed by atoms with Crippen molar-refractivity contribution >= 4 is 12.4 Å². The third-order valence-electron chi connectivity index (χ3n) is 2.09. The van der Waals surface area contributed by atoms with E-state index in [4.69, 9.17) is 0 Å². The van der Waals surface area contributed by atoms with Crippen LogP contribution in [0, 0.1) is 0 Å². The zero-order valence-corrected chi connectivity index (χ0v) is 8.11. The highest BCUT2D eigenvalue weighted by atomic mass is 19.1. The Labute approximate surface area is 83.3 Å². The van der Waals surface area contributed by atoms with Crippen LogP contribution in [0.4, 0.5) is 4.39 Å². The topological polar surface area (TPSA) is 17.1 Å². The summed E-state index contributed by atoms with van der Waals surface area (Å²) in [5.41, 5.74) is -0.930. The van der Waals surface area contributed by atoms with Crippen molar-refractivity contribution in [3.8, 4) is 0 Å². The van der Waals surface area contributed by atoms with Gasteiger partial charge >= 0.3 is 0 Å². The monoisotopic (exact) mass is 192 g/mol. The number of carbonyl (C=O) groups excluding carboxylic acids is 1. The summed E-state index contributed by atoms with van der Waals surface area (Å²) >= 11 is 0. The van der Waals surface area contributed by atoms with Crippen LogP contribution < -0.4 is 0 Å². The number of allylic oxidation sites excluding steroid dienone is 1. The molecule has 1 aromatic rings. The molecule has 74 valence electrons. The fourth-order valence-electron chi connectivity index (χ4n) is 1.04. The fourth-order valence-corrected chi connectivity index (χ4v) is 1.04. The molecule has 0 saturated carbocycles. The minimum absolute atomic E-state index is 0.167. The van der Waals surface area contributed by atoms with E-state index in [9.17, 15) is 9.18 Å². The molecule has 1 atom stereocenters. The molecule has 0 amide bonds. The van der Waals surface area contributed by atoms with Crippen molar-refractivity contribution in [2.45, 2.75) is 19.0 Å². The number of alkyl halides is 1. The van der Waals surface area contributed by atoms with Gasteiger partial charge in [-0.25, -0.2) is 4.39 Å². The fraction of sp³-hybridized carbons (Fsp3) is 0.250. The Hall–Kier alpha value is -1.44. The van der Waals surface area contributed by atoms with Crippen LogP contribution in [-0.4, -0.2) is 12.0 Å². The van der Waals surface area contributed by atoms with E-state index >= 15 is 0 Å². The lowest BCUT2D eigenvalue weighted by Crippen LogP contribution is -2.19. The van der Waals surface area contributed by atoms with Crippen LogP contribution >= 0.6 is 0 Å². The largest absolute Gasteiger partial charge is 0.299 e. The average Bonchev–Trinajstić information content (AvgIpc) is 2.27. The highest BCUT2D eigenvalue weighted by Crippen LogP contribution is 2.16. The van der Waals surface area contributed by atoms with E-state index < -0.39 is 5.67 Å². The number of hydrogen-bond donors (Lipinski definition) is 0. The van der Waals surface area contributed by atoms with Gasteiger partial charge < -0.3 is 0 Å². The van der Waals surface area contributed by atoms with Crippen LogP contribution in [0.25, 0.3) is 6.08 Å². The molecule has 0 bridgehead atoms. The Morgan fingerprint density at radius 2 is 2.00 bits per heavy atom. The van der Waals surface area contributed by atoms with Crippen molar-refractivity contribution < 1.29 is 9.18 Å². The molecule has 1 aromatic carbocycles. The van der Waals surface area contributed by atoms with Crippen LogP contribution in [-0.2, 0) is 4.79 Å². The molecule has 0 aliphatic heterocycles. The van der Waals surface area contributed by atoms with Crippen molar-refractivity contribution in [2.75, 3.05) is 0 Å². The minimum Gasteiger partial charge on any atom is -0.299 e. The van der Waals surface area contributed by atoms with Gasteiger partial charge in [0, 0.05) is 0 Å². The first-order valence-corrected chi connectivity index (χ1v) is 4.60. The van der Waals surface area contributed by atoms with E-state index in [1.807, 2.05) is 30.3 Å². The zero-order chi connectivity index (χ0) is 10.4. The summed E-state index contributed by atoms with van der Waals surface area (Å²) in [4.78, 5) is 10.5. The predicted octanol–water partition coefficient (Wildman–Crippen LogP) is 3.02. The molecule has 1 nitrogen and oxygen atoms in total. The van der Waals surface area contributed by atoms with Gasteiger partial charge in [-0.05, 0) is 18.1 Å². The molecule has 1 rings (SSSR count). The highest BCUT2D eigenvalue weighted by Gasteiger charge is 2.21. The number of carbonyl (C=O) groups is 1. The van der Waals surface area contributed by atoms with Crippen molar-refractivity contribution in [1.82, 2.24) is 0 Å². The van der Waals surface area contributed by atoms with Gasteiger partial charge in [-0.1, -0.05) is 43.3 Å². The van der Waals surface area contributed by atoms with Crippen molar-refractivity contribution in [3.05, 3.63) is 42.0 Å². The van der Waals surface area contributed by atoms with Crippen molar-refractivity contribution in [1.29, 1.82) is 0 Å². The van der Waals surface area contributed by atoms with Gasteiger partial charge in [0.2, 0.25) is 0 Å². The summed E-state index contributed by atoms with van der Waals surface area (Å²) in [5, 5.41) is 0. The van der Waals surface area contributed by atoms with Gasteiger partial charge in [-0.2, -0.15) is 0 Å². The molecule has 14 heavy (non-hydrogen) atoms. The molecule has 0 unspecified atom stereocenters. The van der Waals surface area contributed by atoms with Gasteiger partial charge in [-0.15, -0.1) is 0 Å². The van der Waals surface area contributed by atoms with Gasteiger partial charge in [0.25, 0.3) is 0 Å². The summed E-state index contributed by atoms with van der Waals surface area (Å²) in [6, 6.07) is 9.34. The second-order valence-electron chi connectivity index (χ2n) is 3.14. The maximum atomic E-state index is 13.5. The van der Waals surface area contributed by atoms with Crippen molar-refractivity contribution in [2.24, 2.45) is 0 Å². The quantitative estimate of drug-likeness (QED) is 0.670. The second kappa shape index (κ2) is 4.70. The van der Waals surface area contributed by atoms with Gasteiger partial charge in [0.05, 0.1) is 0 Å². The van der Waals surface area contributed by atoms with Gasteiger partial charge in [-0.3, -0.25) is 4.79 Å². The first-order chi connectivity index (χ1) is 6.70. The average molecular weight is 192 g/mol. The third-order valence-corrected chi connectivity index (χ3v) is 2.09. The first kappa shape index (κ1) is 10.6. The SMILES string of the molecule is CC[C@](F)(C=O)/C=C/c1ccccc1. The van der Waals surface area contributed by atoms with Gasteiger partial charge in [0.1, 0.15) is 0 Å². The van der Waals surface area contributed by atoms with Crippen LogP contribution in [0.3, 0.4) is 0 Å². The number of aldehydes is 1. The molecule has 0 heterocycles. The Kier molecular flexibility index (Phi) is 3.57. The summed E-state index contributed by atoms with van der Waals surface area (Å²) in [7, 11) is 0. The summed E-state index contributed by atoms with van der Waals surface area (Å²) in [6.45, 7) is 1.64. The summed E-state index contributed by atoms with van der Waals surface area (Å²) < 4.78 is 13.5. The second-order valence-corrected chi connectivity index (χ2v) is 3.14. The summed E-state index contributed by atoms with van der Waals surface area (Å²) in [6.07, 6.45) is 3.43. The van der Waals surface area contributed by atoms with E-state index in [-0.39, 0.29) is 6.42 Å². The molecule has 0 saturated heterocycles. The lowest BCUT2D eigenvalue weighted by Gasteiger charge is -2.09.